The fourth-order valence-electron chi connectivity index (χ4n) is 5.81. The van der Waals surface area contributed by atoms with Gasteiger partial charge in [-0.05, 0) is 70.8 Å². The van der Waals surface area contributed by atoms with Crippen LogP contribution in [0, 0.1) is 12.8 Å². The number of nitrogens with two attached hydrogens (primary N) is 1. The van der Waals surface area contributed by atoms with E-state index < -0.39 is 5.79 Å². The van der Waals surface area contributed by atoms with Crippen molar-refractivity contribution in [3.05, 3.63) is 41.7 Å². The minimum atomic E-state index is -0.450. The van der Waals surface area contributed by atoms with Crippen LogP contribution in [0.3, 0.4) is 0 Å². The molecule has 35 heavy (non-hydrogen) atoms. The zero-order valence-corrected chi connectivity index (χ0v) is 20.9. The summed E-state index contributed by atoms with van der Waals surface area (Å²) >= 11 is 0. The van der Waals surface area contributed by atoms with Crippen LogP contribution < -0.4 is 5.73 Å². The van der Waals surface area contributed by atoms with Crippen molar-refractivity contribution in [3.8, 4) is 11.3 Å². The largest absolute Gasteiger partial charge is 0.384 e. The highest BCUT2D eigenvalue weighted by Crippen LogP contribution is 2.37. The Morgan fingerprint density at radius 3 is 2.86 bits per heavy atom. The number of hydrogen-bond donors (Lipinski definition) is 3. The van der Waals surface area contributed by atoms with E-state index in [1.165, 1.54) is 10.9 Å². The molecule has 4 aromatic rings. The Hall–Kier alpha value is -2.94. The summed E-state index contributed by atoms with van der Waals surface area (Å²) in [5, 5.41) is 1.17. The lowest BCUT2D eigenvalue weighted by Gasteiger charge is -2.46. The molecular weight excluding hydrogens is 440 g/mol. The predicted octanol–water partition coefficient (Wildman–Crippen LogP) is 4.75. The van der Waals surface area contributed by atoms with Gasteiger partial charge in [-0.25, -0.2) is 9.97 Å². The van der Waals surface area contributed by atoms with Gasteiger partial charge in [-0.3, -0.25) is 4.90 Å². The van der Waals surface area contributed by atoms with Gasteiger partial charge in [0, 0.05) is 40.7 Å². The van der Waals surface area contributed by atoms with E-state index in [0.717, 1.165) is 60.5 Å². The van der Waals surface area contributed by atoms with E-state index in [0.29, 0.717) is 29.5 Å². The third-order valence-electron chi connectivity index (χ3n) is 7.59. The number of H-pyrrole nitrogens is 2. The van der Waals surface area contributed by atoms with Gasteiger partial charge in [-0.2, -0.15) is 0 Å². The molecule has 0 spiro atoms. The van der Waals surface area contributed by atoms with Crippen molar-refractivity contribution in [1.82, 2.24) is 24.8 Å². The molecule has 0 bridgehead atoms. The average molecular weight is 475 g/mol. The highest BCUT2D eigenvalue weighted by molar-refractivity contribution is 5.95. The van der Waals surface area contributed by atoms with Crippen molar-refractivity contribution < 1.29 is 9.47 Å². The van der Waals surface area contributed by atoms with Gasteiger partial charge < -0.3 is 25.2 Å². The third kappa shape index (κ3) is 4.30. The van der Waals surface area contributed by atoms with E-state index in [4.69, 9.17) is 15.2 Å². The van der Waals surface area contributed by atoms with Crippen LogP contribution >= 0.6 is 0 Å². The lowest BCUT2D eigenvalue weighted by atomic mass is 9.82. The van der Waals surface area contributed by atoms with Crippen LogP contribution in [-0.2, 0) is 16.0 Å². The summed E-state index contributed by atoms with van der Waals surface area (Å²) in [6.45, 7) is 7.67. The van der Waals surface area contributed by atoms with E-state index in [-0.39, 0.29) is 0 Å². The fourth-order valence-corrected chi connectivity index (χ4v) is 5.81. The summed E-state index contributed by atoms with van der Waals surface area (Å²) in [7, 11) is 2.24. The van der Waals surface area contributed by atoms with Gasteiger partial charge in [-0.1, -0.05) is 12.1 Å². The normalized spacial score (nSPS) is 24.3. The number of anilines is 1. The monoisotopic (exact) mass is 474 g/mol. The van der Waals surface area contributed by atoms with Crippen LogP contribution in [0.4, 0.5) is 5.82 Å². The van der Waals surface area contributed by atoms with Gasteiger partial charge in [0.15, 0.2) is 11.4 Å². The molecule has 4 heterocycles. The van der Waals surface area contributed by atoms with Crippen LogP contribution in [0.2, 0.25) is 0 Å². The van der Waals surface area contributed by atoms with Crippen molar-refractivity contribution in [2.75, 3.05) is 19.4 Å². The zero-order chi connectivity index (χ0) is 24.3. The number of imidazole rings is 1. The van der Waals surface area contributed by atoms with Gasteiger partial charge in [0.2, 0.25) is 0 Å². The lowest BCUT2D eigenvalue weighted by molar-refractivity contribution is -0.300. The summed E-state index contributed by atoms with van der Waals surface area (Å²) in [5.74, 6) is 1.33. The first kappa shape index (κ1) is 22.5. The second-order valence-corrected chi connectivity index (χ2v) is 10.7. The van der Waals surface area contributed by atoms with Crippen LogP contribution in [0.5, 0.6) is 0 Å². The molecule has 8 heteroatoms. The maximum atomic E-state index is 6.18. The number of nitrogens with one attached hydrogen (secondary N) is 2. The summed E-state index contributed by atoms with van der Waals surface area (Å²) in [6, 6.07) is 11.3. The van der Waals surface area contributed by atoms with Crippen LogP contribution in [0.25, 0.3) is 33.3 Å². The third-order valence-corrected chi connectivity index (χ3v) is 7.59. The molecule has 3 atom stereocenters. The minimum absolute atomic E-state index is 0.323. The molecule has 1 aromatic carbocycles. The molecule has 3 aromatic heterocycles. The number of hydrogen-bond acceptors (Lipinski definition) is 6. The Balaban J connectivity index is 1.20. The summed E-state index contributed by atoms with van der Waals surface area (Å²) in [4.78, 5) is 18.3. The Bertz CT molecular complexity index is 1390. The number of aromatic nitrogens is 4. The first-order chi connectivity index (χ1) is 16.7. The number of fused-ring (bicyclic) bond motifs is 3. The van der Waals surface area contributed by atoms with E-state index in [1.54, 1.807) is 0 Å². The molecule has 0 radical (unpaired) electrons. The fraction of sp³-hybridized carbons (Fsp3) is 0.481. The maximum absolute atomic E-state index is 6.18. The van der Waals surface area contributed by atoms with Crippen LogP contribution in [-0.4, -0.2) is 56.4 Å². The molecule has 1 aliphatic heterocycles. The molecule has 3 unspecified atom stereocenters. The first-order valence-electron chi connectivity index (χ1n) is 12.5. The average Bonchev–Trinajstić information content (AvgIpc) is 3.39. The molecule has 6 rings (SSSR count). The number of ether oxygens (including phenoxy) is 2. The van der Waals surface area contributed by atoms with Crippen molar-refractivity contribution in [2.45, 2.75) is 64.5 Å². The van der Waals surface area contributed by atoms with Gasteiger partial charge in [0.25, 0.3) is 0 Å². The molecular formula is C27H34N6O2. The number of pyridine rings is 1. The minimum Gasteiger partial charge on any atom is -0.384 e. The number of benzene rings is 1. The molecule has 1 saturated heterocycles. The van der Waals surface area contributed by atoms with E-state index >= 15 is 0 Å². The van der Waals surface area contributed by atoms with Crippen molar-refractivity contribution in [1.29, 1.82) is 0 Å². The van der Waals surface area contributed by atoms with Crippen molar-refractivity contribution >= 4 is 27.9 Å². The first-order valence-corrected chi connectivity index (χ1v) is 12.5. The highest BCUT2D eigenvalue weighted by atomic mass is 16.7. The topological polar surface area (TPSA) is 105 Å². The van der Waals surface area contributed by atoms with Gasteiger partial charge in [-0.15, -0.1) is 0 Å². The summed E-state index contributed by atoms with van der Waals surface area (Å²) in [5.41, 5.74) is 12.0. The number of nitrogens with zero attached hydrogens (tertiary/aromatic N) is 3. The SMILES string of the molecule is Cc1nc2c(-c3cc4ccc(CN(C)C5CCC6OC(C)(C)OCC6C5)cc4[nH]3)cc(N)nc2[nH]1. The van der Waals surface area contributed by atoms with E-state index in [1.807, 2.05) is 26.8 Å². The van der Waals surface area contributed by atoms with Crippen molar-refractivity contribution in [3.63, 3.8) is 0 Å². The Morgan fingerprint density at radius 1 is 1.14 bits per heavy atom. The number of aromatic amines is 2. The quantitative estimate of drug-likeness (QED) is 0.394. The molecule has 2 aliphatic rings. The number of rotatable bonds is 4. The lowest BCUT2D eigenvalue weighted by Crippen LogP contribution is -2.51. The van der Waals surface area contributed by atoms with Crippen molar-refractivity contribution in [2.24, 2.45) is 5.92 Å². The second kappa shape index (κ2) is 8.33. The molecule has 4 N–H and O–H groups in total. The zero-order valence-electron chi connectivity index (χ0n) is 20.9. The van der Waals surface area contributed by atoms with Gasteiger partial charge >= 0.3 is 0 Å². The second-order valence-electron chi connectivity index (χ2n) is 10.7. The molecule has 0 amide bonds. The van der Waals surface area contributed by atoms with Gasteiger partial charge in [0.1, 0.15) is 17.2 Å². The molecule has 2 fully saturated rings. The molecule has 8 nitrogen and oxygen atoms in total. The van der Waals surface area contributed by atoms with Gasteiger partial charge in [0.05, 0.1) is 12.7 Å². The summed E-state index contributed by atoms with van der Waals surface area (Å²) < 4.78 is 12.1. The van der Waals surface area contributed by atoms with E-state index in [2.05, 4.69) is 56.1 Å². The van der Waals surface area contributed by atoms with Crippen LogP contribution in [0.15, 0.2) is 30.3 Å². The standard InChI is InChI=1S/C27H34N6O2/c1-15-29-25-20(12-24(28)32-26(25)30-15)22-11-17-6-5-16(9-21(17)31-22)13-33(4)19-7-8-23-18(10-19)14-34-27(2,3)35-23/h5-6,9,11-12,18-19,23,31H,7-8,10,13-14H2,1-4H3,(H3,28,29,30,32). The predicted molar refractivity (Wildman–Crippen MR) is 138 cm³/mol. The number of nitrogen functional groups attached to an aromatic ring is 1. The molecule has 1 aliphatic carbocycles. The Morgan fingerprint density at radius 2 is 2.00 bits per heavy atom. The number of aryl methyl sites for hydroxylation is 1. The molecule has 1 saturated carbocycles. The maximum Gasteiger partial charge on any atom is 0.163 e. The molecule has 184 valence electrons. The Labute approximate surface area is 205 Å². The Kier molecular flexibility index (Phi) is 5.36. The summed E-state index contributed by atoms with van der Waals surface area (Å²) in [6.07, 6.45) is 3.70. The van der Waals surface area contributed by atoms with E-state index in [9.17, 15) is 0 Å². The smallest absolute Gasteiger partial charge is 0.163 e. The highest BCUT2D eigenvalue weighted by Gasteiger charge is 2.40. The van der Waals surface area contributed by atoms with Crippen LogP contribution in [0.1, 0.15) is 44.5 Å².